The molecule has 0 amide bonds. The fraction of sp³-hybridized carbons (Fsp3) is 0.328. The molecule has 6 unspecified atom stereocenters. The minimum Gasteiger partial charge on any atom is -0.497 e. The largest absolute Gasteiger partial charge is 0.497 e. The molecule has 1 heterocycles. The maximum atomic E-state index is 16.8. The first-order valence-corrected chi connectivity index (χ1v) is 27.2. The molecule has 0 radical (unpaired) electrons. The first-order chi connectivity index (χ1) is 33.7. The Morgan fingerprint density at radius 2 is 1.03 bits per heavy atom. The van der Waals surface area contributed by atoms with Gasteiger partial charge >= 0.3 is 5.97 Å². The third-order valence-corrected chi connectivity index (χ3v) is 19.9. The molecule has 4 aliphatic rings. The smallest absolute Gasteiger partial charge is 0.308 e. The number of aryl methyl sites for hydroxylation is 6. The summed E-state index contributed by atoms with van der Waals surface area (Å²) in [7, 11) is -1.86. The highest BCUT2D eigenvalue weighted by Gasteiger charge is 2.55. The van der Waals surface area contributed by atoms with Gasteiger partial charge in [-0.25, -0.2) is 0 Å². The van der Waals surface area contributed by atoms with Crippen LogP contribution in [0.1, 0.15) is 107 Å². The lowest BCUT2D eigenvalue weighted by Gasteiger charge is -2.45. The van der Waals surface area contributed by atoms with E-state index in [0.717, 1.165) is 55.6 Å². The number of hydrogen-bond donors (Lipinski definition) is 0. The van der Waals surface area contributed by atoms with E-state index in [1.165, 1.54) is 58.4 Å². The third-order valence-electron chi connectivity index (χ3n) is 16.1. The molecule has 0 saturated heterocycles. The summed E-state index contributed by atoms with van der Waals surface area (Å²) >= 11 is 0. The van der Waals surface area contributed by atoms with Crippen LogP contribution < -0.4 is 19.5 Å². The topological polar surface area (TPSA) is 61.8 Å². The number of esters is 1. The standard InChI is InChI=1S/C44H39O5P.C10H16.C10H14/c1-29-26-30(2)43(31(3)27-29)49-39-24-18-36(19-25-39)44(34-14-20-37(47-5)21-15-34,35-16-22-38(23-17-35)48-32(4)45)50(46)28-33-10-6-7-11-40(33)41-12-8-9-13-42(41)50;1-2-9-7-4-5-8(6-7)10(9)3-1;1-7-5-8(2)10(4)9(3)6-7/h6-27H,28H2,1-5H3;7-10H,1-6H2;5-6H,1-4H3. The molecule has 6 heteroatoms. The van der Waals surface area contributed by atoms with Crippen molar-refractivity contribution in [2.45, 2.75) is 105 Å². The summed E-state index contributed by atoms with van der Waals surface area (Å²) in [6.07, 6.45) is 9.88. The second-order valence-electron chi connectivity index (χ2n) is 20.6. The maximum absolute atomic E-state index is 16.8. The number of methoxy groups -OCH3 is 1. The first kappa shape index (κ1) is 48.8. The third kappa shape index (κ3) is 9.31. The Morgan fingerprint density at radius 3 is 1.56 bits per heavy atom. The lowest BCUT2D eigenvalue weighted by Crippen LogP contribution is -2.36. The predicted molar refractivity (Wildman–Crippen MR) is 288 cm³/mol. The lowest BCUT2D eigenvalue weighted by atomic mass is 9.82. The molecule has 7 aromatic rings. The van der Waals surface area contributed by atoms with Crippen LogP contribution in [0.5, 0.6) is 23.0 Å². The SMILES string of the molecule is C1CC2C3CCC(C3)C2C1.COc1ccc(C(c2ccc(OC(C)=O)cc2)(c2ccc(Oc3c(C)cc(C)cc3C)cc2)P2(=O)Cc3ccccc3-c3ccccc32)cc1.Cc1cc(C)c(C)c(C)c1. The van der Waals surface area contributed by atoms with Gasteiger partial charge in [-0.1, -0.05) is 127 Å². The minimum absolute atomic E-state index is 0.345. The van der Waals surface area contributed by atoms with Crippen LogP contribution in [0.2, 0.25) is 0 Å². The number of rotatable bonds is 8. The van der Waals surface area contributed by atoms with Crippen molar-refractivity contribution in [1.29, 1.82) is 0 Å². The van der Waals surface area contributed by atoms with E-state index in [-0.39, 0.29) is 0 Å². The molecule has 3 saturated carbocycles. The van der Waals surface area contributed by atoms with Crippen molar-refractivity contribution in [2.75, 3.05) is 7.11 Å². The second-order valence-corrected chi connectivity index (χ2v) is 23.5. The molecule has 3 aliphatic carbocycles. The van der Waals surface area contributed by atoms with Crippen molar-refractivity contribution in [3.05, 3.63) is 207 Å². The van der Waals surface area contributed by atoms with Gasteiger partial charge in [-0.2, -0.15) is 0 Å². The van der Waals surface area contributed by atoms with Crippen molar-refractivity contribution in [2.24, 2.45) is 23.7 Å². The molecule has 360 valence electrons. The summed E-state index contributed by atoms with van der Waals surface area (Å²) in [5, 5.41) is -0.337. The van der Waals surface area contributed by atoms with Gasteiger partial charge in [0.1, 0.15) is 35.3 Å². The highest BCUT2D eigenvalue weighted by atomic mass is 31.2. The molecular weight excluding hydrogens is 880 g/mol. The number of benzene rings is 7. The fourth-order valence-corrected chi connectivity index (χ4v) is 17.1. The van der Waals surface area contributed by atoms with Crippen LogP contribution in [-0.4, -0.2) is 13.1 Å². The number of hydrogen-bond acceptors (Lipinski definition) is 5. The van der Waals surface area contributed by atoms with Crippen LogP contribution in [0.25, 0.3) is 11.1 Å². The predicted octanol–water partition coefficient (Wildman–Crippen LogP) is 16.3. The average Bonchev–Trinajstić information content (AvgIpc) is 4.12. The monoisotopic (exact) mass is 948 g/mol. The van der Waals surface area contributed by atoms with E-state index in [1.54, 1.807) is 57.8 Å². The van der Waals surface area contributed by atoms with Gasteiger partial charge in [-0.3, -0.25) is 4.79 Å². The van der Waals surface area contributed by atoms with Crippen molar-refractivity contribution in [3.63, 3.8) is 0 Å². The highest BCUT2D eigenvalue weighted by Crippen LogP contribution is 2.72. The summed E-state index contributed by atoms with van der Waals surface area (Å²) in [4.78, 5) is 11.9. The normalized spacial score (nSPS) is 21.1. The Labute approximate surface area is 417 Å². The summed E-state index contributed by atoms with van der Waals surface area (Å²) < 4.78 is 34.3. The average molecular weight is 949 g/mol. The minimum atomic E-state index is -3.50. The van der Waals surface area contributed by atoms with E-state index in [1.807, 2.05) is 91.0 Å². The Hall–Kier alpha value is -6.16. The van der Waals surface area contributed by atoms with E-state index in [2.05, 4.69) is 90.9 Å². The number of ether oxygens (including phenoxy) is 3. The molecule has 0 aromatic heterocycles. The summed E-state index contributed by atoms with van der Waals surface area (Å²) in [6.45, 7) is 16.2. The van der Waals surface area contributed by atoms with Gasteiger partial charge in [0.05, 0.1) is 7.11 Å². The molecule has 1 aliphatic heterocycles. The van der Waals surface area contributed by atoms with Crippen molar-refractivity contribution in [1.82, 2.24) is 0 Å². The number of carbonyl (C=O) groups excluding carboxylic acids is 1. The van der Waals surface area contributed by atoms with Crippen molar-refractivity contribution in [3.8, 4) is 34.1 Å². The maximum Gasteiger partial charge on any atom is 0.308 e. The van der Waals surface area contributed by atoms with E-state index in [0.29, 0.717) is 23.4 Å². The zero-order valence-electron chi connectivity index (χ0n) is 42.6. The molecule has 7 aromatic carbocycles. The molecule has 3 fully saturated rings. The van der Waals surface area contributed by atoms with Crippen LogP contribution in [0.15, 0.2) is 146 Å². The number of carbonyl (C=O) groups is 1. The summed E-state index contributed by atoms with van der Waals surface area (Å²) in [5.74, 6) is 7.03. The quantitative estimate of drug-likeness (QED) is 0.0657. The first-order valence-electron chi connectivity index (χ1n) is 25.3. The second kappa shape index (κ2) is 20.3. The van der Waals surface area contributed by atoms with E-state index in [4.69, 9.17) is 14.2 Å². The molecule has 0 spiro atoms. The Kier molecular flexibility index (Phi) is 14.2. The lowest BCUT2D eigenvalue weighted by molar-refractivity contribution is -0.131. The van der Waals surface area contributed by atoms with Crippen molar-refractivity contribution >= 4 is 18.4 Å². The van der Waals surface area contributed by atoms with Crippen LogP contribution >= 0.6 is 7.14 Å². The molecule has 0 N–H and O–H groups in total. The zero-order chi connectivity index (χ0) is 49.3. The van der Waals surface area contributed by atoms with Crippen LogP contribution in [0.4, 0.5) is 0 Å². The summed E-state index contributed by atoms with van der Waals surface area (Å²) in [6, 6.07) is 48.4. The molecular formula is C64H69O5P. The Morgan fingerprint density at radius 1 is 0.557 bits per heavy atom. The van der Waals surface area contributed by atoms with Crippen LogP contribution in [0, 0.1) is 72.1 Å². The van der Waals surface area contributed by atoms with Gasteiger partial charge in [-0.15, -0.1) is 0 Å². The fourth-order valence-electron chi connectivity index (χ4n) is 12.9. The van der Waals surface area contributed by atoms with Gasteiger partial charge in [-0.05, 0) is 202 Å². The highest BCUT2D eigenvalue weighted by molar-refractivity contribution is 7.73. The van der Waals surface area contributed by atoms with Crippen LogP contribution in [0.3, 0.4) is 0 Å². The number of fused-ring (bicyclic) bond motifs is 8. The molecule has 11 rings (SSSR count). The van der Waals surface area contributed by atoms with E-state index >= 15 is 4.57 Å². The van der Waals surface area contributed by atoms with Gasteiger partial charge < -0.3 is 18.8 Å². The Bertz CT molecular complexity index is 3000. The van der Waals surface area contributed by atoms with E-state index in [9.17, 15) is 4.79 Å². The van der Waals surface area contributed by atoms with Crippen LogP contribution in [-0.2, 0) is 20.7 Å². The van der Waals surface area contributed by atoms with Gasteiger partial charge in [0, 0.05) is 18.4 Å². The zero-order valence-corrected chi connectivity index (χ0v) is 43.5. The molecule has 2 bridgehead atoms. The molecule has 6 atom stereocenters. The molecule has 5 nitrogen and oxygen atoms in total. The van der Waals surface area contributed by atoms with Crippen molar-refractivity contribution < 1.29 is 23.6 Å². The molecule has 70 heavy (non-hydrogen) atoms. The van der Waals surface area contributed by atoms with E-state index < -0.39 is 18.3 Å². The summed E-state index contributed by atoms with van der Waals surface area (Å²) in [5.41, 5.74) is 14.5. The van der Waals surface area contributed by atoms with Gasteiger partial charge in [0.15, 0.2) is 0 Å². The van der Waals surface area contributed by atoms with Gasteiger partial charge in [0.2, 0.25) is 0 Å². The Balaban J connectivity index is 0.000000247. The van der Waals surface area contributed by atoms with Gasteiger partial charge in [0.25, 0.3) is 0 Å².